The number of hydrogen-bond donors (Lipinski definition) is 1. The Balaban J connectivity index is 1.81. The summed E-state index contributed by atoms with van der Waals surface area (Å²) in [6, 6.07) is 14.7. The fraction of sp³-hybridized carbons (Fsp3) is 0.200. The SMILES string of the molecule is CCc1ccc(Sc2ccc3c(c2)B(O)OC3)cc1. The molecule has 1 heterocycles. The zero-order chi connectivity index (χ0) is 13.2. The Hall–Kier alpha value is -1.23. The van der Waals surface area contributed by atoms with Gasteiger partial charge in [-0.3, -0.25) is 0 Å². The van der Waals surface area contributed by atoms with E-state index in [0.717, 1.165) is 22.3 Å². The van der Waals surface area contributed by atoms with E-state index in [-0.39, 0.29) is 0 Å². The first-order valence-electron chi connectivity index (χ1n) is 6.45. The molecule has 1 aliphatic heterocycles. The summed E-state index contributed by atoms with van der Waals surface area (Å²) in [6.07, 6.45) is 1.06. The maximum atomic E-state index is 9.71. The summed E-state index contributed by atoms with van der Waals surface area (Å²) in [5, 5.41) is 9.71. The summed E-state index contributed by atoms with van der Waals surface area (Å²) < 4.78 is 5.21. The van der Waals surface area contributed by atoms with Crippen LogP contribution in [0, 0.1) is 0 Å². The lowest BCUT2D eigenvalue weighted by molar-refractivity contribution is 0.275. The van der Waals surface area contributed by atoms with Crippen molar-refractivity contribution >= 4 is 24.3 Å². The molecule has 2 nitrogen and oxygen atoms in total. The zero-order valence-corrected chi connectivity index (χ0v) is 11.6. The highest BCUT2D eigenvalue weighted by Crippen LogP contribution is 2.28. The molecule has 0 aromatic heterocycles. The van der Waals surface area contributed by atoms with Crippen LogP contribution in [-0.4, -0.2) is 12.1 Å². The summed E-state index contributed by atoms with van der Waals surface area (Å²) in [4.78, 5) is 2.35. The van der Waals surface area contributed by atoms with Crippen molar-refractivity contribution in [1.82, 2.24) is 0 Å². The van der Waals surface area contributed by atoms with E-state index in [1.165, 1.54) is 10.5 Å². The third-order valence-corrected chi connectivity index (χ3v) is 4.34. The van der Waals surface area contributed by atoms with Crippen molar-refractivity contribution in [2.24, 2.45) is 0 Å². The lowest BCUT2D eigenvalue weighted by Crippen LogP contribution is -2.27. The second-order valence-electron chi connectivity index (χ2n) is 4.62. The first-order chi connectivity index (χ1) is 9.26. The van der Waals surface area contributed by atoms with Gasteiger partial charge < -0.3 is 9.68 Å². The standard InChI is InChI=1S/C15H15BO2S/c1-2-11-3-6-13(7-4-11)19-14-8-5-12-10-18-16(17)15(12)9-14/h3-9,17H,2,10H2,1H3. The Morgan fingerprint density at radius 1 is 1.16 bits per heavy atom. The Labute approximate surface area is 118 Å². The molecule has 0 radical (unpaired) electrons. The number of hydrogen-bond acceptors (Lipinski definition) is 3. The summed E-state index contributed by atoms with van der Waals surface area (Å²) in [5.41, 5.74) is 3.33. The van der Waals surface area contributed by atoms with E-state index in [1.54, 1.807) is 11.8 Å². The van der Waals surface area contributed by atoms with E-state index in [1.807, 2.05) is 12.1 Å². The monoisotopic (exact) mass is 270 g/mol. The Bertz CT molecular complexity index is 583. The second kappa shape index (κ2) is 5.41. The maximum Gasteiger partial charge on any atom is 0.491 e. The van der Waals surface area contributed by atoms with Crippen LogP contribution in [0.25, 0.3) is 0 Å². The first kappa shape index (κ1) is 12.8. The minimum atomic E-state index is -0.766. The van der Waals surface area contributed by atoms with Crippen LogP contribution in [0.1, 0.15) is 18.1 Å². The number of aryl methyl sites for hydroxylation is 1. The van der Waals surface area contributed by atoms with Gasteiger partial charge in [0.1, 0.15) is 0 Å². The predicted molar refractivity (Wildman–Crippen MR) is 78.8 cm³/mol. The zero-order valence-electron chi connectivity index (χ0n) is 10.8. The average Bonchev–Trinajstić information content (AvgIpc) is 2.81. The van der Waals surface area contributed by atoms with E-state index >= 15 is 0 Å². The van der Waals surface area contributed by atoms with E-state index in [9.17, 15) is 5.02 Å². The minimum Gasteiger partial charge on any atom is -0.423 e. The molecule has 1 N–H and O–H groups in total. The first-order valence-corrected chi connectivity index (χ1v) is 7.27. The van der Waals surface area contributed by atoms with Crippen LogP contribution in [0.3, 0.4) is 0 Å². The molecule has 0 atom stereocenters. The highest BCUT2D eigenvalue weighted by Gasteiger charge is 2.27. The van der Waals surface area contributed by atoms with Gasteiger partial charge in [-0.25, -0.2) is 0 Å². The van der Waals surface area contributed by atoms with Crippen molar-refractivity contribution in [1.29, 1.82) is 0 Å². The molecule has 19 heavy (non-hydrogen) atoms. The normalized spacial score (nSPS) is 13.7. The lowest BCUT2D eigenvalue weighted by Gasteiger charge is -2.05. The van der Waals surface area contributed by atoms with Gasteiger partial charge in [-0.1, -0.05) is 36.9 Å². The summed E-state index contributed by atoms with van der Waals surface area (Å²) in [7, 11) is -0.766. The second-order valence-corrected chi connectivity index (χ2v) is 5.77. The smallest absolute Gasteiger partial charge is 0.423 e. The average molecular weight is 270 g/mol. The molecule has 1 aliphatic rings. The summed E-state index contributed by atoms with van der Waals surface area (Å²) in [6.45, 7) is 2.66. The van der Waals surface area contributed by atoms with Crippen molar-refractivity contribution in [3.05, 3.63) is 53.6 Å². The van der Waals surface area contributed by atoms with Gasteiger partial charge in [0.25, 0.3) is 0 Å². The molecule has 96 valence electrons. The molecule has 0 spiro atoms. The molecule has 0 saturated heterocycles. The third-order valence-electron chi connectivity index (χ3n) is 3.35. The van der Waals surface area contributed by atoms with E-state index in [4.69, 9.17) is 4.65 Å². The van der Waals surface area contributed by atoms with Crippen LogP contribution in [0.15, 0.2) is 52.3 Å². The molecule has 0 aliphatic carbocycles. The van der Waals surface area contributed by atoms with Crippen molar-refractivity contribution in [3.63, 3.8) is 0 Å². The van der Waals surface area contributed by atoms with Crippen LogP contribution in [-0.2, 0) is 17.7 Å². The van der Waals surface area contributed by atoms with Gasteiger partial charge in [-0.15, -0.1) is 0 Å². The number of fused-ring (bicyclic) bond motifs is 1. The fourth-order valence-corrected chi connectivity index (χ4v) is 3.05. The van der Waals surface area contributed by atoms with Crippen LogP contribution in [0.5, 0.6) is 0 Å². The van der Waals surface area contributed by atoms with Crippen LogP contribution in [0.4, 0.5) is 0 Å². The highest BCUT2D eigenvalue weighted by atomic mass is 32.2. The molecule has 2 aromatic rings. The molecule has 0 saturated carbocycles. The molecule has 0 amide bonds. The largest absolute Gasteiger partial charge is 0.491 e. The molecule has 0 unspecified atom stereocenters. The molecule has 2 aromatic carbocycles. The summed E-state index contributed by atoms with van der Waals surface area (Å²) in [5.74, 6) is 0. The summed E-state index contributed by atoms with van der Waals surface area (Å²) >= 11 is 1.71. The Morgan fingerprint density at radius 3 is 2.63 bits per heavy atom. The molecule has 0 fully saturated rings. The van der Waals surface area contributed by atoms with Crippen LogP contribution < -0.4 is 5.46 Å². The van der Waals surface area contributed by atoms with Crippen LogP contribution >= 0.6 is 11.8 Å². The molecular weight excluding hydrogens is 255 g/mol. The highest BCUT2D eigenvalue weighted by molar-refractivity contribution is 7.99. The minimum absolute atomic E-state index is 0.507. The van der Waals surface area contributed by atoms with Crippen molar-refractivity contribution in [2.45, 2.75) is 29.7 Å². The van der Waals surface area contributed by atoms with Gasteiger partial charge >= 0.3 is 7.12 Å². The van der Waals surface area contributed by atoms with Gasteiger partial charge in [0.05, 0.1) is 6.61 Å². The molecule has 4 heteroatoms. The molecular formula is C15H15BO2S. The Morgan fingerprint density at radius 2 is 1.89 bits per heavy atom. The van der Waals surface area contributed by atoms with E-state index < -0.39 is 7.12 Å². The topological polar surface area (TPSA) is 29.5 Å². The van der Waals surface area contributed by atoms with Crippen molar-refractivity contribution in [2.75, 3.05) is 0 Å². The van der Waals surface area contributed by atoms with E-state index in [2.05, 4.69) is 37.3 Å². The molecule has 0 bridgehead atoms. The fourth-order valence-electron chi connectivity index (χ4n) is 2.19. The Kier molecular flexibility index (Phi) is 3.64. The number of rotatable bonds is 3. The van der Waals surface area contributed by atoms with Gasteiger partial charge in [0, 0.05) is 9.79 Å². The van der Waals surface area contributed by atoms with Gasteiger partial charge in [0.15, 0.2) is 0 Å². The molecule has 3 rings (SSSR count). The van der Waals surface area contributed by atoms with Crippen LogP contribution in [0.2, 0.25) is 0 Å². The maximum absolute atomic E-state index is 9.71. The number of benzene rings is 2. The third kappa shape index (κ3) is 2.71. The van der Waals surface area contributed by atoms with Gasteiger partial charge in [-0.05, 0) is 47.3 Å². The predicted octanol–water partition coefficient (Wildman–Crippen LogP) is 2.62. The quantitative estimate of drug-likeness (QED) is 0.869. The van der Waals surface area contributed by atoms with E-state index in [0.29, 0.717) is 6.61 Å². The lowest BCUT2D eigenvalue weighted by atomic mass is 9.80. The van der Waals surface area contributed by atoms with Gasteiger partial charge in [0.2, 0.25) is 0 Å². The van der Waals surface area contributed by atoms with Gasteiger partial charge in [-0.2, -0.15) is 0 Å². The van der Waals surface area contributed by atoms with Crippen molar-refractivity contribution in [3.8, 4) is 0 Å². The van der Waals surface area contributed by atoms with Crippen molar-refractivity contribution < 1.29 is 9.68 Å².